The smallest absolute Gasteiger partial charge is 0.263 e. The Balaban J connectivity index is 2.01. The number of rotatable bonds is 3. The summed E-state index contributed by atoms with van der Waals surface area (Å²) >= 11 is 0. The van der Waals surface area contributed by atoms with Crippen LogP contribution in [0.5, 0.6) is 5.75 Å². The average molecular weight is 271 g/mol. The van der Waals surface area contributed by atoms with Crippen molar-refractivity contribution in [1.82, 2.24) is 4.90 Å². The first-order valence-electron chi connectivity index (χ1n) is 6.07. The van der Waals surface area contributed by atoms with Gasteiger partial charge in [-0.05, 0) is 19.1 Å². The monoisotopic (exact) mass is 271 g/mol. The van der Waals surface area contributed by atoms with Crippen LogP contribution < -0.4 is 4.74 Å². The molecule has 1 fully saturated rings. The minimum atomic E-state index is -1.08. The molecule has 2 rings (SSSR count). The fourth-order valence-corrected chi connectivity index (χ4v) is 1.86. The zero-order valence-corrected chi connectivity index (χ0v) is 10.6. The summed E-state index contributed by atoms with van der Waals surface area (Å²) < 4.78 is 36.8. The lowest BCUT2D eigenvalue weighted by atomic mass is 10.3. The summed E-state index contributed by atoms with van der Waals surface area (Å²) in [5, 5.41) is 0. The molecular formula is C13H15F2NO3. The first kappa shape index (κ1) is 13.7. The molecule has 0 bridgehead atoms. The minimum Gasteiger partial charge on any atom is -0.478 e. The van der Waals surface area contributed by atoms with Crippen LogP contribution in [0.1, 0.15) is 6.92 Å². The van der Waals surface area contributed by atoms with Gasteiger partial charge in [-0.1, -0.05) is 6.07 Å². The van der Waals surface area contributed by atoms with Crippen molar-refractivity contribution in [3.63, 3.8) is 0 Å². The Hall–Kier alpha value is -1.69. The molecule has 1 aliphatic rings. The third kappa shape index (κ3) is 3.20. The SMILES string of the molecule is C[C@@H](Oc1cccc(F)c1F)C(=O)N1CCOCC1. The Kier molecular flexibility index (Phi) is 4.31. The van der Waals surface area contributed by atoms with E-state index in [9.17, 15) is 13.6 Å². The summed E-state index contributed by atoms with van der Waals surface area (Å²) in [5.41, 5.74) is 0. The highest BCUT2D eigenvalue weighted by molar-refractivity contribution is 5.81. The van der Waals surface area contributed by atoms with E-state index < -0.39 is 17.7 Å². The molecule has 1 atom stereocenters. The van der Waals surface area contributed by atoms with E-state index in [1.54, 1.807) is 4.90 Å². The van der Waals surface area contributed by atoms with E-state index in [2.05, 4.69) is 0 Å². The molecule has 0 aromatic heterocycles. The van der Waals surface area contributed by atoms with Gasteiger partial charge in [0.2, 0.25) is 5.82 Å². The third-order valence-corrected chi connectivity index (χ3v) is 2.89. The van der Waals surface area contributed by atoms with Crippen LogP contribution in [0.4, 0.5) is 8.78 Å². The number of hydrogen-bond donors (Lipinski definition) is 0. The Morgan fingerprint density at radius 2 is 2.05 bits per heavy atom. The largest absolute Gasteiger partial charge is 0.478 e. The first-order valence-corrected chi connectivity index (χ1v) is 6.07. The highest BCUT2D eigenvalue weighted by atomic mass is 19.2. The maximum Gasteiger partial charge on any atom is 0.263 e. The van der Waals surface area contributed by atoms with Crippen molar-refractivity contribution in [2.75, 3.05) is 26.3 Å². The summed E-state index contributed by atoms with van der Waals surface area (Å²) in [6.07, 6.45) is -0.866. The summed E-state index contributed by atoms with van der Waals surface area (Å²) in [6, 6.07) is 3.62. The zero-order chi connectivity index (χ0) is 13.8. The van der Waals surface area contributed by atoms with E-state index in [1.165, 1.54) is 19.1 Å². The van der Waals surface area contributed by atoms with Crippen LogP contribution in [0.25, 0.3) is 0 Å². The minimum absolute atomic E-state index is 0.255. The fourth-order valence-electron chi connectivity index (χ4n) is 1.86. The fraction of sp³-hybridized carbons (Fsp3) is 0.462. The van der Waals surface area contributed by atoms with Crippen LogP contribution >= 0.6 is 0 Å². The van der Waals surface area contributed by atoms with Crippen molar-refractivity contribution in [3.05, 3.63) is 29.8 Å². The van der Waals surface area contributed by atoms with Gasteiger partial charge < -0.3 is 14.4 Å². The van der Waals surface area contributed by atoms with Gasteiger partial charge in [0.15, 0.2) is 17.7 Å². The Bertz CT molecular complexity index is 461. The van der Waals surface area contributed by atoms with Crippen LogP contribution in [-0.4, -0.2) is 43.2 Å². The summed E-state index contributed by atoms with van der Waals surface area (Å²) in [6.45, 7) is 3.44. The second kappa shape index (κ2) is 5.97. The molecule has 1 aromatic rings. The van der Waals surface area contributed by atoms with Gasteiger partial charge in [-0.25, -0.2) is 4.39 Å². The molecule has 19 heavy (non-hydrogen) atoms. The van der Waals surface area contributed by atoms with E-state index in [0.717, 1.165) is 6.07 Å². The molecule has 4 nitrogen and oxygen atoms in total. The molecule has 0 N–H and O–H groups in total. The molecule has 0 radical (unpaired) electrons. The van der Waals surface area contributed by atoms with Crippen molar-refractivity contribution in [2.45, 2.75) is 13.0 Å². The molecule has 1 aliphatic heterocycles. The third-order valence-electron chi connectivity index (χ3n) is 2.89. The lowest BCUT2D eigenvalue weighted by Gasteiger charge is -2.29. The molecule has 1 saturated heterocycles. The van der Waals surface area contributed by atoms with E-state index >= 15 is 0 Å². The predicted octanol–water partition coefficient (Wildman–Crippen LogP) is 1.59. The van der Waals surface area contributed by atoms with E-state index in [4.69, 9.17) is 9.47 Å². The van der Waals surface area contributed by atoms with Crippen molar-refractivity contribution in [3.8, 4) is 5.75 Å². The molecule has 1 amide bonds. The van der Waals surface area contributed by atoms with Gasteiger partial charge in [-0.15, -0.1) is 0 Å². The zero-order valence-electron chi connectivity index (χ0n) is 10.6. The highest BCUT2D eigenvalue weighted by Gasteiger charge is 2.24. The Morgan fingerprint density at radius 3 is 2.74 bits per heavy atom. The lowest BCUT2D eigenvalue weighted by Crippen LogP contribution is -2.46. The normalized spacial score (nSPS) is 17.1. The number of carbonyl (C=O) groups excluding carboxylic acids is 1. The molecule has 0 unspecified atom stereocenters. The van der Waals surface area contributed by atoms with Crippen molar-refractivity contribution >= 4 is 5.91 Å². The number of hydrogen-bond acceptors (Lipinski definition) is 3. The standard InChI is InChI=1S/C13H15F2NO3/c1-9(13(17)16-5-7-18-8-6-16)19-11-4-2-3-10(14)12(11)15/h2-4,9H,5-8H2,1H3/t9-/m1/s1. The number of benzene rings is 1. The maximum absolute atomic E-state index is 13.4. The molecule has 0 spiro atoms. The van der Waals surface area contributed by atoms with Crippen LogP contribution in [-0.2, 0) is 9.53 Å². The summed E-state index contributed by atoms with van der Waals surface area (Å²) in [5.74, 6) is -2.59. The van der Waals surface area contributed by atoms with Crippen LogP contribution in [0.3, 0.4) is 0 Å². The molecular weight excluding hydrogens is 256 g/mol. The molecule has 104 valence electrons. The summed E-state index contributed by atoms with van der Waals surface area (Å²) in [7, 11) is 0. The van der Waals surface area contributed by atoms with Gasteiger partial charge in [0, 0.05) is 13.1 Å². The molecule has 0 saturated carbocycles. The van der Waals surface area contributed by atoms with Gasteiger partial charge in [-0.3, -0.25) is 4.79 Å². The van der Waals surface area contributed by atoms with Crippen LogP contribution in [0, 0.1) is 11.6 Å². The quantitative estimate of drug-likeness (QED) is 0.838. The van der Waals surface area contributed by atoms with Gasteiger partial charge in [0.25, 0.3) is 5.91 Å². The molecule has 1 aromatic carbocycles. The van der Waals surface area contributed by atoms with Crippen LogP contribution in [0.15, 0.2) is 18.2 Å². The Morgan fingerprint density at radius 1 is 1.37 bits per heavy atom. The van der Waals surface area contributed by atoms with Gasteiger partial charge in [0.05, 0.1) is 13.2 Å². The number of halogens is 2. The second-order valence-corrected chi connectivity index (χ2v) is 4.25. The van der Waals surface area contributed by atoms with E-state index in [1.807, 2.05) is 0 Å². The summed E-state index contributed by atoms with van der Waals surface area (Å²) in [4.78, 5) is 13.6. The van der Waals surface area contributed by atoms with Gasteiger partial charge >= 0.3 is 0 Å². The number of ether oxygens (including phenoxy) is 2. The van der Waals surface area contributed by atoms with Gasteiger partial charge in [-0.2, -0.15) is 4.39 Å². The van der Waals surface area contributed by atoms with Crippen molar-refractivity contribution in [2.24, 2.45) is 0 Å². The topological polar surface area (TPSA) is 38.8 Å². The molecule has 0 aliphatic carbocycles. The maximum atomic E-state index is 13.4. The second-order valence-electron chi connectivity index (χ2n) is 4.25. The van der Waals surface area contributed by atoms with Crippen molar-refractivity contribution < 1.29 is 23.0 Å². The Labute approximate surface area is 109 Å². The molecule has 1 heterocycles. The average Bonchev–Trinajstić information content (AvgIpc) is 2.44. The first-order chi connectivity index (χ1) is 9.09. The number of amides is 1. The highest BCUT2D eigenvalue weighted by Crippen LogP contribution is 2.20. The predicted molar refractivity (Wildman–Crippen MR) is 63.8 cm³/mol. The lowest BCUT2D eigenvalue weighted by molar-refractivity contribution is -0.142. The molecule has 6 heteroatoms. The van der Waals surface area contributed by atoms with Gasteiger partial charge in [0.1, 0.15) is 0 Å². The van der Waals surface area contributed by atoms with Crippen LogP contribution in [0.2, 0.25) is 0 Å². The van der Waals surface area contributed by atoms with Crippen molar-refractivity contribution in [1.29, 1.82) is 0 Å². The number of nitrogens with zero attached hydrogens (tertiary/aromatic N) is 1. The number of carbonyl (C=O) groups is 1. The van der Waals surface area contributed by atoms with E-state index in [0.29, 0.717) is 26.3 Å². The van der Waals surface area contributed by atoms with E-state index in [-0.39, 0.29) is 11.7 Å². The number of morpholine rings is 1.